The third-order valence-corrected chi connectivity index (χ3v) is 4.74. The Morgan fingerprint density at radius 1 is 1.23 bits per heavy atom. The average Bonchev–Trinajstić information content (AvgIpc) is 3.10. The fourth-order valence-corrected chi connectivity index (χ4v) is 3.23. The Morgan fingerprint density at radius 3 is 2.77 bits per heavy atom. The molecule has 0 bridgehead atoms. The second kappa shape index (κ2) is 8.82. The van der Waals surface area contributed by atoms with Crippen molar-refractivity contribution >= 4 is 23.3 Å². The lowest BCUT2D eigenvalue weighted by molar-refractivity contribution is 0.0933. The van der Waals surface area contributed by atoms with Crippen LogP contribution in [-0.2, 0) is 11.3 Å². The van der Waals surface area contributed by atoms with Gasteiger partial charge in [-0.15, -0.1) is 10.2 Å². The number of nitrogens with one attached hydrogen (secondary N) is 1. The number of aromatic nitrogens is 3. The van der Waals surface area contributed by atoms with E-state index in [9.17, 15) is 4.79 Å². The van der Waals surface area contributed by atoms with E-state index in [1.807, 2.05) is 53.1 Å². The quantitative estimate of drug-likeness (QED) is 0.660. The van der Waals surface area contributed by atoms with E-state index in [4.69, 9.17) is 4.74 Å². The molecule has 0 fully saturated rings. The van der Waals surface area contributed by atoms with Crippen LogP contribution in [0.2, 0.25) is 0 Å². The third kappa shape index (κ3) is 4.23. The molecule has 2 heterocycles. The van der Waals surface area contributed by atoms with Crippen molar-refractivity contribution in [1.29, 1.82) is 0 Å². The molecule has 0 saturated carbocycles. The van der Waals surface area contributed by atoms with E-state index in [-0.39, 0.29) is 11.9 Å². The maximum Gasteiger partial charge on any atom is 0.251 e. The van der Waals surface area contributed by atoms with Crippen LogP contribution in [0.1, 0.15) is 34.2 Å². The molecule has 0 saturated heterocycles. The number of carbonyl (C=O) groups is 1. The molecule has 3 rings (SSSR count). The molecule has 0 aliphatic carbocycles. The Morgan fingerprint density at radius 2 is 2.04 bits per heavy atom. The van der Waals surface area contributed by atoms with Crippen molar-refractivity contribution in [2.24, 2.45) is 0 Å². The summed E-state index contributed by atoms with van der Waals surface area (Å²) in [6.45, 7) is 0.532. The Hall–Kier alpha value is -2.38. The zero-order valence-electron chi connectivity index (χ0n) is 14.9. The predicted molar refractivity (Wildman–Crippen MR) is 103 cm³/mol. The van der Waals surface area contributed by atoms with Gasteiger partial charge in [0, 0.05) is 18.9 Å². The molecule has 7 heteroatoms. The van der Waals surface area contributed by atoms with Gasteiger partial charge >= 0.3 is 0 Å². The maximum absolute atomic E-state index is 12.7. The van der Waals surface area contributed by atoms with Gasteiger partial charge in [-0.2, -0.15) is 11.8 Å². The molecule has 0 aliphatic heterocycles. The van der Waals surface area contributed by atoms with Gasteiger partial charge in [0.25, 0.3) is 5.91 Å². The van der Waals surface area contributed by atoms with Crippen LogP contribution in [-0.4, -0.2) is 39.6 Å². The molecule has 1 atom stereocenters. The van der Waals surface area contributed by atoms with Crippen LogP contribution in [0.5, 0.6) is 0 Å². The van der Waals surface area contributed by atoms with E-state index < -0.39 is 0 Å². The standard InChI is InChI=1S/C19H22N4O2S/c1-25-13-14-6-8-15(9-7-14)19(24)20-16(10-12-26-2)18-22-21-17-5-3-4-11-23(17)18/h3-9,11,16H,10,12-13H2,1-2H3,(H,20,24). The first-order chi connectivity index (χ1) is 12.7. The van der Waals surface area contributed by atoms with E-state index in [1.165, 1.54) is 0 Å². The second-order valence-electron chi connectivity index (χ2n) is 5.92. The number of thioether (sulfide) groups is 1. The van der Waals surface area contributed by atoms with Gasteiger partial charge in [0.1, 0.15) is 0 Å². The number of methoxy groups -OCH3 is 1. The molecule has 2 aromatic heterocycles. The van der Waals surface area contributed by atoms with Gasteiger partial charge in [-0.25, -0.2) is 0 Å². The molecule has 0 radical (unpaired) electrons. The summed E-state index contributed by atoms with van der Waals surface area (Å²) in [5, 5.41) is 11.6. The summed E-state index contributed by atoms with van der Waals surface area (Å²) in [5.74, 6) is 1.55. The second-order valence-corrected chi connectivity index (χ2v) is 6.91. The maximum atomic E-state index is 12.7. The Bertz CT molecular complexity index is 863. The van der Waals surface area contributed by atoms with Crippen molar-refractivity contribution in [1.82, 2.24) is 19.9 Å². The van der Waals surface area contributed by atoms with E-state index in [0.29, 0.717) is 12.2 Å². The number of pyridine rings is 1. The molecular weight excluding hydrogens is 348 g/mol. The van der Waals surface area contributed by atoms with E-state index in [0.717, 1.165) is 29.2 Å². The first-order valence-corrected chi connectivity index (χ1v) is 9.79. The SMILES string of the molecule is COCc1ccc(C(=O)NC(CCSC)c2nnc3ccccn23)cc1. The fourth-order valence-electron chi connectivity index (χ4n) is 2.76. The molecule has 1 N–H and O–H groups in total. The minimum absolute atomic E-state index is 0.118. The van der Waals surface area contributed by atoms with E-state index in [2.05, 4.69) is 21.8 Å². The number of fused-ring (bicyclic) bond motifs is 1. The first kappa shape index (κ1) is 18.4. The molecule has 1 unspecified atom stereocenters. The van der Waals surface area contributed by atoms with Crippen LogP contribution in [0.4, 0.5) is 0 Å². The highest BCUT2D eigenvalue weighted by Crippen LogP contribution is 2.19. The zero-order valence-corrected chi connectivity index (χ0v) is 15.7. The summed E-state index contributed by atoms with van der Waals surface area (Å²) in [5.41, 5.74) is 2.43. The van der Waals surface area contributed by atoms with Crippen LogP contribution in [0, 0.1) is 0 Å². The molecule has 1 amide bonds. The summed E-state index contributed by atoms with van der Waals surface area (Å²) in [6.07, 6.45) is 4.75. The van der Waals surface area contributed by atoms with Gasteiger partial charge in [0.05, 0.1) is 12.6 Å². The number of benzene rings is 1. The van der Waals surface area contributed by atoms with Crippen molar-refractivity contribution in [2.75, 3.05) is 19.1 Å². The van der Waals surface area contributed by atoms with Crippen LogP contribution in [0.15, 0.2) is 48.7 Å². The molecule has 136 valence electrons. The number of nitrogens with zero attached hydrogens (tertiary/aromatic N) is 3. The number of rotatable bonds is 8. The summed E-state index contributed by atoms with van der Waals surface area (Å²) in [4.78, 5) is 12.7. The zero-order chi connectivity index (χ0) is 18.4. The molecule has 26 heavy (non-hydrogen) atoms. The third-order valence-electron chi connectivity index (χ3n) is 4.09. The highest BCUT2D eigenvalue weighted by molar-refractivity contribution is 7.98. The Balaban J connectivity index is 1.80. The molecule has 1 aromatic carbocycles. The van der Waals surface area contributed by atoms with Crippen molar-refractivity contribution in [2.45, 2.75) is 19.1 Å². The molecule has 0 aliphatic rings. The van der Waals surface area contributed by atoms with Gasteiger partial charge in [-0.05, 0) is 48.3 Å². The number of carbonyl (C=O) groups excluding carboxylic acids is 1. The average molecular weight is 370 g/mol. The van der Waals surface area contributed by atoms with Crippen molar-refractivity contribution in [3.63, 3.8) is 0 Å². The van der Waals surface area contributed by atoms with Crippen LogP contribution < -0.4 is 5.32 Å². The topological polar surface area (TPSA) is 68.5 Å². The minimum atomic E-state index is -0.203. The van der Waals surface area contributed by atoms with Gasteiger partial charge in [-0.3, -0.25) is 9.20 Å². The smallest absolute Gasteiger partial charge is 0.251 e. The Labute approximate surface area is 157 Å². The fraction of sp³-hybridized carbons (Fsp3) is 0.316. The number of ether oxygens (including phenoxy) is 1. The molecule has 6 nitrogen and oxygen atoms in total. The highest BCUT2D eigenvalue weighted by Gasteiger charge is 2.20. The van der Waals surface area contributed by atoms with Gasteiger partial charge in [-0.1, -0.05) is 18.2 Å². The van der Waals surface area contributed by atoms with Crippen molar-refractivity contribution in [3.05, 3.63) is 65.6 Å². The first-order valence-electron chi connectivity index (χ1n) is 8.40. The lowest BCUT2D eigenvalue weighted by atomic mass is 10.1. The summed E-state index contributed by atoms with van der Waals surface area (Å²) < 4.78 is 7.03. The summed E-state index contributed by atoms with van der Waals surface area (Å²) in [6, 6.07) is 13.0. The number of amides is 1. The van der Waals surface area contributed by atoms with Crippen LogP contribution in [0.3, 0.4) is 0 Å². The van der Waals surface area contributed by atoms with Crippen LogP contribution >= 0.6 is 11.8 Å². The number of hydrogen-bond donors (Lipinski definition) is 1. The van der Waals surface area contributed by atoms with Crippen molar-refractivity contribution < 1.29 is 9.53 Å². The van der Waals surface area contributed by atoms with Crippen molar-refractivity contribution in [3.8, 4) is 0 Å². The molecule has 0 spiro atoms. The predicted octanol–water partition coefficient (Wildman–Crippen LogP) is 3.10. The van der Waals surface area contributed by atoms with Crippen LogP contribution in [0.25, 0.3) is 5.65 Å². The largest absolute Gasteiger partial charge is 0.380 e. The minimum Gasteiger partial charge on any atom is -0.380 e. The monoisotopic (exact) mass is 370 g/mol. The Kier molecular flexibility index (Phi) is 6.25. The highest BCUT2D eigenvalue weighted by atomic mass is 32.2. The van der Waals surface area contributed by atoms with Gasteiger partial charge < -0.3 is 10.1 Å². The molecule has 3 aromatic rings. The van der Waals surface area contributed by atoms with Gasteiger partial charge in [0.2, 0.25) is 0 Å². The van der Waals surface area contributed by atoms with E-state index >= 15 is 0 Å². The van der Waals surface area contributed by atoms with Gasteiger partial charge in [0.15, 0.2) is 11.5 Å². The normalized spacial score (nSPS) is 12.2. The lowest BCUT2D eigenvalue weighted by Crippen LogP contribution is -2.30. The lowest BCUT2D eigenvalue weighted by Gasteiger charge is -2.17. The van der Waals surface area contributed by atoms with E-state index in [1.54, 1.807) is 18.9 Å². The summed E-state index contributed by atoms with van der Waals surface area (Å²) >= 11 is 1.74. The number of hydrogen-bond acceptors (Lipinski definition) is 5. The molecular formula is C19H22N4O2S. The summed E-state index contributed by atoms with van der Waals surface area (Å²) in [7, 11) is 1.65.